The maximum Gasteiger partial charge on any atom is 0.258 e. The van der Waals surface area contributed by atoms with E-state index in [1.165, 1.54) is 25.7 Å². The number of amides is 1. The van der Waals surface area contributed by atoms with Gasteiger partial charge in [0.1, 0.15) is 0 Å². The van der Waals surface area contributed by atoms with Crippen molar-refractivity contribution in [2.24, 2.45) is 0 Å². The second-order valence-electron chi connectivity index (χ2n) is 6.51. The molecule has 6 heteroatoms. The van der Waals surface area contributed by atoms with Crippen molar-refractivity contribution >= 4 is 28.4 Å². The number of fused-ring (bicyclic) bond motifs is 1. The van der Waals surface area contributed by atoms with E-state index in [1.807, 2.05) is 30.3 Å². The van der Waals surface area contributed by atoms with Crippen LogP contribution in [0, 0.1) is 0 Å². The molecule has 6 nitrogen and oxygen atoms in total. The highest BCUT2D eigenvalue weighted by atomic mass is 16.1. The van der Waals surface area contributed by atoms with Crippen molar-refractivity contribution in [3.8, 4) is 0 Å². The first-order valence-corrected chi connectivity index (χ1v) is 9.03. The summed E-state index contributed by atoms with van der Waals surface area (Å²) in [6.45, 7) is 1.96. The van der Waals surface area contributed by atoms with E-state index in [0.717, 1.165) is 24.0 Å². The molecule has 3 aromatic rings. The second-order valence-corrected chi connectivity index (χ2v) is 6.51. The lowest BCUT2D eigenvalue weighted by Gasteiger charge is -2.19. The Morgan fingerprint density at radius 2 is 1.65 bits per heavy atom. The first kappa shape index (κ1) is 16.4. The first-order chi connectivity index (χ1) is 12.8. The Kier molecular flexibility index (Phi) is 4.73. The van der Waals surface area contributed by atoms with Gasteiger partial charge in [0.2, 0.25) is 5.95 Å². The van der Waals surface area contributed by atoms with Crippen LogP contribution in [0.4, 0.5) is 11.6 Å². The van der Waals surface area contributed by atoms with Crippen molar-refractivity contribution in [3.05, 3.63) is 54.5 Å². The summed E-state index contributed by atoms with van der Waals surface area (Å²) >= 11 is 0. The number of hydrogen-bond acceptors (Lipinski definition) is 5. The van der Waals surface area contributed by atoms with Gasteiger partial charge in [-0.25, -0.2) is 9.97 Å². The molecule has 0 atom stereocenters. The third-order valence-electron chi connectivity index (χ3n) is 4.67. The molecule has 4 rings (SSSR count). The number of rotatable bonds is 3. The molecule has 0 unspecified atom stereocenters. The number of hydrogen-bond donors (Lipinski definition) is 1. The average molecular weight is 347 g/mol. The summed E-state index contributed by atoms with van der Waals surface area (Å²) in [5.74, 6) is 0.473. The minimum absolute atomic E-state index is 0.231. The SMILES string of the molecule is O=C(Nc1cccc2cccnc12)c1cnc(N2CCCCCC2)nc1. The predicted octanol–water partition coefficient (Wildman–Crippen LogP) is 3.66. The number of para-hydroxylation sites is 1. The van der Waals surface area contributed by atoms with Gasteiger partial charge >= 0.3 is 0 Å². The van der Waals surface area contributed by atoms with Gasteiger partial charge in [-0.1, -0.05) is 31.0 Å². The zero-order valence-electron chi connectivity index (χ0n) is 14.6. The van der Waals surface area contributed by atoms with E-state index in [-0.39, 0.29) is 5.91 Å². The van der Waals surface area contributed by atoms with Gasteiger partial charge in [0, 0.05) is 37.1 Å². The van der Waals surface area contributed by atoms with Crippen LogP contribution in [0.5, 0.6) is 0 Å². The van der Waals surface area contributed by atoms with Crippen LogP contribution in [0.3, 0.4) is 0 Å². The number of nitrogens with one attached hydrogen (secondary N) is 1. The summed E-state index contributed by atoms with van der Waals surface area (Å²) in [6, 6.07) is 9.57. The van der Waals surface area contributed by atoms with Gasteiger partial charge in [0.25, 0.3) is 5.91 Å². The maximum atomic E-state index is 12.6. The molecule has 1 amide bonds. The lowest BCUT2D eigenvalue weighted by Crippen LogP contribution is -2.26. The average Bonchev–Trinajstić information content (AvgIpc) is 2.98. The van der Waals surface area contributed by atoms with Crippen LogP contribution >= 0.6 is 0 Å². The Bertz CT molecular complexity index is 896. The van der Waals surface area contributed by atoms with Crippen LogP contribution in [0.15, 0.2) is 48.9 Å². The zero-order valence-corrected chi connectivity index (χ0v) is 14.6. The molecule has 1 aliphatic heterocycles. The van der Waals surface area contributed by atoms with Crippen molar-refractivity contribution < 1.29 is 4.79 Å². The van der Waals surface area contributed by atoms with Crippen molar-refractivity contribution in [2.75, 3.05) is 23.3 Å². The number of benzene rings is 1. The molecule has 132 valence electrons. The Hall–Kier alpha value is -3.02. The van der Waals surface area contributed by atoms with E-state index in [4.69, 9.17) is 0 Å². The number of nitrogens with zero attached hydrogens (tertiary/aromatic N) is 4. The monoisotopic (exact) mass is 347 g/mol. The highest BCUT2D eigenvalue weighted by Gasteiger charge is 2.14. The van der Waals surface area contributed by atoms with Crippen LogP contribution in [-0.2, 0) is 0 Å². The summed E-state index contributed by atoms with van der Waals surface area (Å²) in [6.07, 6.45) is 9.77. The largest absolute Gasteiger partial charge is 0.341 e. The first-order valence-electron chi connectivity index (χ1n) is 9.03. The van der Waals surface area contributed by atoms with Crippen molar-refractivity contribution in [1.29, 1.82) is 0 Å². The van der Waals surface area contributed by atoms with E-state index < -0.39 is 0 Å². The fraction of sp³-hybridized carbons (Fsp3) is 0.300. The van der Waals surface area contributed by atoms with Gasteiger partial charge < -0.3 is 10.2 Å². The van der Waals surface area contributed by atoms with Crippen LogP contribution < -0.4 is 10.2 Å². The van der Waals surface area contributed by atoms with Crippen LogP contribution in [0.25, 0.3) is 10.9 Å². The smallest absolute Gasteiger partial charge is 0.258 e. The van der Waals surface area contributed by atoms with Crippen LogP contribution in [0.1, 0.15) is 36.0 Å². The van der Waals surface area contributed by atoms with Crippen LogP contribution in [-0.4, -0.2) is 33.9 Å². The standard InChI is InChI=1S/C20H21N5O/c26-19(24-17-9-5-7-15-8-6-10-21-18(15)17)16-13-22-20(23-14-16)25-11-3-1-2-4-12-25/h5-10,13-14H,1-4,11-12H2,(H,24,26). The third-order valence-corrected chi connectivity index (χ3v) is 4.67. The third kappa shape index (κ3) is 3.49. The molecular weight excluding hydrogens is 326 g/mol. The Morgan fingerprint density at radius 1 is 0.923 bits per heavy atom. The van der Waals surface area contributed by atoms with Gasteiger partial charge in [0.05, 0.1) is 16.8 Å². The minimum atomic E-state index is -0.231. The van der Waals surface area contributed by atoms with E-state index >= 15 is 0 Å². The molecule has 0 aliphatic carbocycles. The van der Waals surface area contributed by atoms with E-state index in [0.29, 0.717) is 17.2 Å². The van der Waals surface area contributed by atoms with Gasteiger partial charge in [-0.15, -0.1) is 0 Å². The van der Waals surface area contributed by atoms with Gasteiger partial charge in [-0.05, 0) is 25.0 Å². The number of aromatic nitrogens is 3. The quantitative estimate of drug-likeness (QED) is 0.783. The summed E-state index contributed by atoms with van der Waals surface area (Å²) in [4.78, 5) is 27.9. The van der Waals surface area contributed by atoms with E-state index in [2.05, 4.69) is 25.2 Å². The molecular formula is C20H21N5O. The van der Waals surface area contributed by atoms with Crippen molar-refractivity contribution in [1.82, 2.24) is 15.0 Å². The van der Waals surface area contributed by atoms with Gasteiger partial charge in [-0.2, -0.15) is 0 Å². The molecule has 1 saturated heterocycles. The zero-order chi connectivity index (χ0) is 17.8. The summed E-state index contributed by atoms with van der Waals surface area (Å²) in [5, 5.41) is 3.90. The number of pyridine rings is 1. The Morgan fingerprint density at radius 3 is 2.42 bits per heavy atom. The normalized spacial score (nSPS) is 14.8. The molecule has 0 radical (unpaired) electrons. The highest BCUT2D eigenvalue weighted by molar-refractivity contribution is 6.08. The van der Waals surface area contributed by atoms with E-state index in [9.17, 15) is 4.79 Å². The summed E-state index contributed by atoms with van der Waals surface area (Å²) in [5.41, 5.74) is 1.90. The van der Waals surface area contributed by atoms with Crippen molar-refractivity contribution in [2.45, 2.75) is 25.7 Å². The summed E-state index contributed by atoms with van der Waals surface area (Å²) in [7, 11) is 0. The molecule has 1 fully saturated rings. The predicted molar refractivity (Wildman–Crippen MR) is 102 cm³/mol. The Labute approximate surface area is 152 Å². The molecule has 1 N–H and O–H groups in total. The molecule has 1 aliphatic rings. The Balaban J connectivity index is 1.51. The minimum Gasteiger partial charge on any atom is -0.341 e. The number of carbonyl (C=O) groups excluding carboxylic acids is 1. The molecule has 2 aromatic heterocycles. The second kappa shape index (κ2) is 7.47. The fourth-order valence-corrected chi connectivity index (χ4v) is 3.27. The van der Waals surface area contributed by atoms with E-state index in [1.54, 1.807) is 18.6 Å². The summed E-state index contributed by atoms with van der Waals surface area (Å²) < 4.78 is 0. The van der Waals surface area contributed by atoms with Gasteiger partial charge in [-0.3, -0.25) is 9.78 Å². The molecule has 0 saturated carbocycles. The molecule has 0 spiro atoms. The molecule has 1 aromatic carbocycles. The van der Waals surface area contributed by atoms with Crippen LogP contribution in [0.2, 0.25) is 0 Å². The highest BCUT2D eigenvalue weighted by Crippen LogP contribution is 2.21. The molecule has 0 bridgehead atoms. The maximum absolute atomic E-state index is 12.6. The lowest BCUT2D eigenvalue weighted by atomic mass is 10.2. The molecule has 26 heavy (non-hydrogen) atoms. The van der Waals surface area contributed by atoms with Gasteiger partial charge in [0.15, 0.2) is 0 Å². The number of carbonyl (C=O) groups is 1. The number of anilines is 2. The topological polar surface area (TPSA) is 71.0 Å². The fourth-order valence-electron chi connectivity index (χ4n) is 3.27. The molecule has 3 heterocycles. The lowest BCUT2D eigenvalue weighted by molar-refractivity contribution is 0.102. The van der Waals surface area contributed by atoms with Crippen molar-refractivity contribution in [3.63, 3.8) is 0 Å².